The summed E-state index contributed by atoms with van der Waals surface area (Å²) in [6.45, 7) is 2.75. The van der Waals surface area contributed by atoms with Gasteiger partial charge in [-0.3, -0.25) is 4.79 Å². The van der Waals surface area contributed by atoms with E-state index in [1.807, 2.05) is 0 Å². The van der Waals surface area contributed by atoms with Gasteiger partial charge >= 0.3 is 0 Å². The highest BCUT2D eigenvalue weighted by molar-refractivity contribution is 5.72. The fraction of sp³-hybridized carbons (Fsp3) is 0.417. The fourth-order valence-corrected chi connectivity index (χ4v) is 1.93. The summed E-state index contributed by atoms with van der Waals surface area (Å²) in [7, 11) is 0. The third kappa shape index (κ3) is 2.27. The number of phenols is 1. The molecule has 1 aromatic carbocycles. The van der Waals surface area contributed by atoms with Crippen molar-refractivity contribution in [2.24, 2.45) is 0 Å². The SMILES string of the molecule is CC(=O)NCC1CCOc2ccc(O)cc21. The van der Waals surface area contributed by atoms with Gasteiger partial charge in [0.15, 0.2) is 0 Å². The van der Waals surface area contributed by atoms with Crippen molar-refractivity contribution in [2.45, 2.75) is 19.3 Å². The van der Waals surface area contributed by atoms with Gasteiger partial charge in [0.1, 0.15) is 11.5 Å². The molecule has 1 amide bonds. The third-order valence-corrected chi connectivity index (χ3v) is 2.75. The van der Waals surface area contributed by atoms with Crippen LogP contribution in [0.4, 0.5) is 0 Å². The fourth-order valence-electron chi connectivity index (χ4n) is 1.93. The zero-order valence-corrected chi connectivity index (χ0v) is 9.19. The maximum absolute atomic E-state index is 10.9. The summed E-state index contributed by atoms with van der Waals surface area (Å²) in [5.74, 6) is 1.23. The van der Waals surface area contributed by atoms with E-state index in [1.165, 1.54) is 6.92 Å². The van der Waals surface area contributed by atoms with Crippen LogP contribution < -0.4 is 10.1 Å². The summed E-state index contributed by atoms with van der Waals surface area (Å²) < 4.78 is 5.49. The number of fused-ring (bicyclic) bond motifs is 1. The van der Waals surface area contributed by atoms with E-state index in [2.05, 4.69) is 5.32 Å². The average Bonchev–Trinajstić information content (AvgIpc) is 2.26. The molecule has 0 fully saturated rings. The number of carbonyl (C=O) groups is 1. The van der Waals surface area contributed by atoms with Crippen LogP contribution in [0, 0.1) is 0 Å². The summed E-state index contributed by atoms with van der Waals surface area (Å²) in [4.78, 5) is 10.9. The minimum absolute atomic E-state index is 0.0341. The van der Waals surface area contributed by atoms with Crippen molar-refractivity contribution in [1.82, 2.24) is 5.32 Å². The van der Waals surface area contributed by atoms with Crippen LogP contribution >= 0.6 is 0 Å². The molecule has 1 heterocycles. The number of nitrogens with one attached hydrogen (secondary N) is 1. The highest BCUT2D eigenvalue weighted by Gasteiger charge is 2.21. The molecule has 0 aromatic heterocycles. The summed E-state index contributed by atoms with van der Waals surface area (Å²) in [6.07, 6.45) is 0.858. The molecule has 0 radical (unpaired) electrons. The second kappa shape index (κ2) is 4.43. The summed E-state index contributed by atoms with van der Waals surface area (Å²) in [5, 5.41) is 12.2. The van der Waals surface area contributed by atoms with Gasteiger partial charge in [0.05, 0.1) is 6.61 Å². The maximum Gasteiger partial charge on any atom is 0.216 e. The van der Waals surface area contributed by atoms with Crippen molar-refractivity contribution in [3.05, 3.63) is 23.8 Å². The number of benzene rings is 1. The first kappa shape index (κ1) is 10.8. The number of hydrogen-bond donors (Lipinski definition) is 2. The summed E-state index contributed by atoms with van der Waals surface area (Å²) in [5.41, 5.74) is 0.972. The van der Waals surface area contributed by atoms with Crippen molar-refractivity contribution >= 4 is 5.91 Å². The average molecular weight is 221 g/mol. The molecule has 86 valence electrons. The van der Waals surface area contributed by atoms with Crippen molar-refractivity contribution in [3.8, 4) is 11.5 Å². The molecule has 0 bridgehead atoms. The van der Waals surface area contributed by atoms with Crippen molar-refractivity contribution in [3.63, 3.8) is 0 Å². The molecular weight excluding hydrogens is 206 g/mol. The number of hydrogen-bond acceptors (Lipinski definition) is 3. The summed E-state index contributed by atoms with van der Waals surface area (Å²) in [6, 6.07) is 5.09. The second-order valence-corrected chi connectivity index (χ2v) is 3.99. The monoisotopic (exact) mass is 221 g/mol. The van der Waals surface area contributed by atoms with Crippen LogP contribution in [0.3, 0.4) is 0 Å². The third-order valence-electron chi connectivity index (χ3n) is 2.75. The number of carbonyl (C=O) groups excluding carboxylic acids is 1. The molecule has 4 heteroatoms. The Morgan fingerprint density at radius 3 is 3.19 bits per heavy atom. The standard InChI is InChI=1S/C12H15NO3/c1-8(14)13-7-9-4-5-16-12-3-2-10(15)6-11(9)12/h2-3,6,9,15H,4-5,7H2,1H3,(H,13,14). The second-order valence-electron chi connectivity index (χ2n) is 3.99. The molecule has 1 atom stereocenters. The zero-order chi connectivity index (χ0) is 11.5. The van der Waals surface area contributed by atoms with Gasteiger partial charge in [0.25, 0.3) is 0 Å². The Labute approximate surface area is 94.2 Å². The molecule has 0 saturated heterocycles. The quantitative estimate of drug-likeness (QED) is 0.793. The van der Waals surface area contributed by atoms with E-state index >= 15 is 0 Å². The smallest absolute Gasteiger partial charge is 0.216 e. The van der Waals surface area contributed by atoms with Gasteiger partial charge in [-0.05, 0) is 24.6 Å². The lowest BCUT2D eigenvalue weighted by Gasteiger charge is -2.26. The Hall–Kier alpha value is -1.71. The Morgan fingerprint density at radius 1 is 1.62 bits per heavy atom. The zero-order valence-electron chi connectivity index (χ0n) is 9.19. The molecule has 4 nitrogen and oxygen atoms in total. The van der Waals surface area contributed by atoms with E-state index in [4.69, 9.17) is 4.74 Å². The van der Waals surface area contributed by atoms with E-state index in [0.29, 0.717) is 13.2 Å². The van der Waals surface area contributed by atoms with Gasteiger partial charge in [-0.1, -0.05) is 0 Å². The largest absolute Gasteiger partial charge is 0.508 e. The first-order chi connectivity index (χ1) is 7.66. The predicted molar refractivity (Wildman–Crippen MR) is 59.6 cm³/mol. The highest BCUT2D eigenvalue weighted by atomic mass is 16.5. The van der Waals surface area contributed by atoms with Gasteiger partial charge in [0.2, 0.25) is 5.91 Å². The molecule has 1 aliphatic heterocycles. The van der Waals surface area contributed by atoms with Gasteiger partial charge in [0, 0.05) is 24.9 Å². The van der Waals surface area contributed by atoms with Gasteiger partial charge in [-0.2, -0.15) is 0 Å². The van der Waals surface area contributed by atoms with Crippen LogP contribution in [0.2, 0.25) is 0 Å². The van der Waals surface area contributed by atoms with E-state index in [9.17, 15) is 9.90 Å². The van der Waals surface area contributed by atoms with Gasteiger partial charge in [-0.15, -0.1) is 0 Å². The number of aromatic hydroxyl groups is 1. The van der Waals surface area contributed by atoms with E-state index in [1.54, 1.807) is 18.2 Å². The molecule has 16 heavy (non-hydrogen) atoms. The lowest BCUT2D eigenvalue weighted by molar-refractivity contribution is -0.119. The van der Waals surface area contributed by atoms with Crippen LogP contribution in [0.15, 0.2) is 18.2 Å². The Bertz CT molecular complexity index is 403. The minimum Gasteiger partial charge on any atom is -0.508 e. The molecule has 0 aliphatic carbocycles. The first-order valence-corrected chi connectivity index (χ1v) is 5.37. The van der Waals surface area contributed by atoms with Crippen LogP contribution in [0.1, 0.15) is 24.8 Å². The normalized spacial score (nSPS) is 18.4. The molecule has 0 saturated carbocycles. The molecule has 1 aromatic rings. The molecule has 1 unspecified atom stereocenters. The topological polar surface area (TPSA) is 58.6 Å². The molecule has 2 rings (SSSR count). The summed E-state index contributed by atoms with van der Waals surface area (Å²) >= 11 is 0. The molecule has 0 spiro atoms. The van der Waals surface area contributed by atoms with Crippen LogP contribution in [-0.4, -0.2) is 24.2 Å². The minimum atomic E-state index is -0.0341. The predicted octanol–water partition coefficient (Wildman–Crippen LogP) is 1.39. The van der Waals surface area contributed by atoms with E-state index < -0.39 is 0 Å². The highest BCUT2D eigenvalue weighted by Crippen LogP contribution is 2.35. The van der Waals surface area contributed by atoms with Crippen molar-refractivity contribution < 1.29 is 14.6 Å². The lowest BCUT2D eigenvalue weighted by Crippen LogP contribution is -2.28. The number of amides is 1. The van der Waals surface area contributed by atoms with Crippen LogP contribution in [-0.2, 0) is 4.79 Å². The Morgan fingerprint density at radius 2 is 2.44 bits per heavy atom. The Kier molecular flexibility index (Phi) is 2.99. The molecule has 1 aliphatic rings. The van der Waals surface area contributed by atoms with E-state index in [-0.39, 0.29) is 17.6 Å². The van der Waals surface area contributed by atoms with Gasteiger partial charge < -0.3 is 15.2 Å². The lowest BCUT2D eigenvalue weighted by atomic mass is 9.93. The van der Waals surface area contributed by atoms with Crippen LogP contribution in [0.5, 0.6) is 11.5 Å². The number of rotatable bonds is 2. The van der Waals surface area contributed by atoms with Crippen molar-refractivity contribution in [2.75, 3.05) is 13.2 Å². The number of ether oxygens (including phenoxy) is 1. The van der Waals surface area contributed by atoms with Gasteiger partial charge in [-0.25, -0.2) is 0 Å². The van der Waals surface area contributed by atoms with Crippen LogP contribution in [0.25, 0.3) is 0 Å². The number of phenolic OH excluding ortho intramolecular Hbond substituents is 1. The molecular formula is C12H15NO3. The first-order valence-electron chi connectivity index (χ1n) is 5.37. The molecule has 2 N–H and O–H groups in total. The van der Waals surface area contributed by atoms with Crippen molar-refractivity contribution in [1.29, 1.82) is 0 Å². The van der Waals surface area contributed by atoms with E-state index in [0.717, 1.165) is 17.7 Å². The Balaban J connectivity index is 2.18. The maximum atomic E-state index is 10.9.